The monoisotopic (exact) mass is 438 g/mol. The Labute approximate surface area is 193 Å². The highest BCUT2D eigenvalue weighted by Crippen LogP contribution is 2.27. The van der Waals surface area contributed by atoms with Crippen LogP contribution in [0.2, 0.25) is 0 Å². The maximum atomic E-state index is 13.3. The number of ether oxygens (including phenoxy) is 1. The van der Waals surface area contributed by atoms with Crippen molar-refractivity contribution in [3.05, 3.63) is 95.3 Å². The van der Waals surface area contributed by atoms with Crippen LogP contribution in [-0.2, 0) is 4.74 Å². The van der Waals surface area contributed by atoms with E-state index in [-0.39, 0.29) is 12.0 Å². The summed E-state index contributed by atoms with van der Waals surface area (Å²) in [6.45, 7) is 7.57. The second kappa shape index (κ2) is 9.25. The van der Waals surface area contributed by atoms with Gasteiger partial charge in [0.25, 0.3) is 5.91 Å². The number of carbonyl (C=O) groups is 2. The number of aromatic nitrogens is 1. The minimum absolute atomic E-state index is 0.214. The fraction of sp³-hybridized carbons (Fsp3) is 0.179. The lowest BCUT2D eigenvalue weighted by Gasteiger charge is -2.13. The molecule has 0 bridgehead atoms. The molecule has 1 aromatic heterocycles. The van der Waals surface area contributed by atoms with Gasteiger partial charge < -0.3 is 10.1 Å². The molecule has 166 valence electrons. The predicted molar refractivity (Wildman–Crippen MR) is 132 cm³/mol. The summed E-state index contributed by atoms with van der Waals surface area (Å²) in [5, 5.41) is 4.53. The van der Waals surface area contributed by atoms with E-state index in [1.54, 1.807) is 30.6 Å². The molecule has 5 heteroatoms. The van der Waals surface area contributed by atoms with Crippen LogP contribution in [0.15, 0.2) is 73.1 Å². The van der Waals surface area contributed by atoms with Crippen molar-refractivity contribution in [2.45, 2.75) is 33.8 Å². The number of carbonyl (C=O) groups excluding carboxylic acids is 2. The average molecular weight is 439 g/mol. The lowest BCUT2D eigenvalue weighted by molar-refractivity contribution is 0.0378. The number of esters is 1. The van der Waals surface area contributed by atoms with Crippen molar-refractivity contribution >= 4 is 28.3 Å². The van der Waals surface area contributed by atoms with Crippen molar-refractivity contribution in [2.75, 3.05) is 5.32 Å². The Hall–Kier alpha value is -3.99. The topological polar surface area (TPSA) is 68.3 Å². The number of nitrogens with zero attached hydrogens (tertiary/aromatic N) is 1. The largest absolute Gasteiger partial charge is 0.459 e. The Bertz CT molecular complexity index is 1360. The quantitative estimate of drug-likeness (QED) is 0.369. The normalized spacial score (nSPS) is 10.9. The Morgan fingerprint density at radius 1 is 0.909 bits per heavy atom. The number of fused-ring (bicyclic) bond motifs is 1. The smallest absolute Gasteiger partial charge is 0.338 e. The van der Waals surface area contributed by atoms with Gasteiger partial charge in [0.1, 0.15) is 0 Å². The molecule has 33 heavy (non-hydrogen) atoms. The van der Waals surface area contributed by atoms with Crippen LogP contribution in [0.4, 0.5) is 5.69 Å². The van der Waals surface area contributed by atoms with Crippen LogP contribution in [-0.4, -0.2) is 23.0 Å². The van der Waals surface area contributed by atoms with Crippen molar-refractivity contribution in [1.82, 2.24) is 4.98 Å². The number of anilines is 1. The van der Waals surface area contributed by atoms with E-state index in [2.05, 4.69) is 16.4 Å². The summed E-state index contributed by atoms with van der Waals surface area (Å²) in [5.74, 6) is -0.630. The minimum Gasteiger partial charge on any atom is -0.459 e. The maximum absolute atomic E-state index is 13.3. The minimum atomic E-state index is -0.400. The Morgan fingerprint density at radius 2 is 1.70 bits per heavy atom. The van der Waals surface area contributed by atoms with Gasteiger partial charge in [0.2, 0.25) is 0 Å². The van der Waals surface area contributed by atoms with Gasteiger partial charge in [-0.3, -0.25) is 9.78 Å². The molecule has 0 atom stereocenters. The first-order chi connectivity index (χ1) is 15.8. The van der Waals surface area contributed by atoms with Crippen LogP contribution in [0, 0.1) is 13.8 Å². The zero-order valence-electron chi connectivity index (χ0n) is 19.2. The third-order valence-corrected chi connectivity index (χ3v) is 5.42. The van der Waals surface area contributed by atoms with Crippen LogP contribution in [0.5, 0.6) is 0 Å². The first-order valence-corrected chi connectivity index (χ1v) is 10.9. The van der Waals surface area contributed by atoms with E-state index < -0.39 is 5.97 Å². The van der Waals surface area contributed by atoms with E-state index in [4.69, 9.17) is 4.74 Å². The number of rotatable bonds is 5. The number of nitrogens with one attached hydrogen (secondary N) is 1. The van der Waals surface area contributed by atoms with Crippen molar-refractivity contribution in [1.29, 1.82) is 0 Å². The lowest BCUT2D eigenvalue weighted by atomic mass is 9.98. The van der Waals surface area contributed by atoms with E-state index in [0.29, 0.717) is 16.8 Å². The third-order valence-electron chi connectivity index (χ3n) is 5.42. The second-order valence-electron chi connectivity index (χ2n) is 8.43. The highest BCUT2D eigenvalue weighted by molar-refractivity contribution is 6.10. The number of hydrogen-bond donors (Lipinski definition) is 1. The maximum Gasteiger partial charge on any atom is 0.338 e. The number of amides is 1. The average Bonchev–Trinajstić information content (AvgIpc) is 2.79. The van der Waals surface area contributed by atoms with E-state index in [1.807, 2.05) is 64.1 Å². The molecule has 0 saturated heterocycles. The molecule has 0 saturated carbocycles. The van der Waals surface area contributed by atoms with Crippen LogP contribution < -0.4 is 5.32 Å². The fourth-order valence-corrected chi connectivity index (χ4v) is 3.73. The van der Waals surface area contributed by atoms with Gasteiger partial charge in [0.15, 0.2) is 0 Å². The van der Waals surface area contributed by atoms with Crippen molar-refractivity contribution in [3.8, 4) is 11.1 Å². The van der Waals surface area contributed by atoms with E-state index in [1.165, 1.54) is 0 Å². The van der Waals surface area contributed by atoms with E-state index in [9.17, 15) is 9.59 Å². The molecule has 3 aromatic carbocycles. The lowest BCUT2D eigenvalue weighted by Crippen LogP contribution is -2.14. The van der Waals surface area contributed by atoms with Crippen molar-refractivity contribution in [2.24, 2.45) is 0 Å². The summed E-state index contributed by atoms with van der Waals surface area (Å²) < 4.78 is 5.31. The summed E-state index contributed by atoms with van der Waals surface area (Å²) in [4.78, 5) is 29.9. The number of pyridine rings is 1. The molecule has 0 aliphatic heterocycles. The summed E-state index contributed by atoms with van der Waals surface area (Å²) in [7, 11) is 0. The molecule has 4 rings (SSSR count). The third kappa shape index (κ3) is 4.93. The molecule has 0 spiro atoms. The summed E-state index contributed by atoms with van der Waals surface area (Å²) in [6.07, 6.45) is 3.08. The van der Waals surface area contributed by atoms with Gasteiger partial charge in [-0.1, -0.05) is 48.0 Å². The molecule has 0 fully saturated rings. The Kier molecular flexibility index (Phi) is 6.22. The van der Waals surface area contributed by atoms with Crippen molar-refractivity contribution in [3.63, 3.8) is 0 Å². The zero-order chi connectivity index (χ0) is 23.5. The standard InChI is InChI=1S/C28H26N2O3/c1-17(2)33-28(32)22-10-11-23-15-29-16-26(25(23)14-22)30-27(31)24-13-21(9-8-19(24)4)20-7-5-6-18(3)12-20/h5-17H,1-4H3,(H,30,31). The molecular formula is C28H26N2O3. The molecule has 4 aromatic rings. The molecule has 0 aliphatic rings. The fourth-order valence-electron chi connectivity index (χ4n) is 3.73. The highest BCUT2D eigenvalue weighted by atomic mass is 16.5. The van der Waals surface area contributed by atoms with Gasteiger partial charge in [0.05, 0.1) is 23.6 Å². The zero-order valence-corrected chi connectivity index (χ0v) is 19.2. The van der Waals surface area contributed by atoms with E-state index >= 15 is 0 Å². The molecule has 1 amide bonds. The van der Waals surface area contributed by atoms with Crippen LogP contribution in [0.3, 0.4) is 0 Å². The van der Waals surface area contributed by atoms with Crippen LogP contribution in [0.1, 0.15) is 45.7 Å². The van der Waals surface area contributed by atoms with Gasteiger partial charge in [-0.05, 0) is 62.6 Å². The Morgan fingerprint density at radius 3 is 2.45 bits per heavy atom. The van der Waals surface area contributed by atoms with Crippen LogP contribution in [0.25, 0.3) is 21.9 Å². The molecule has 1 heterocycles. The van der Waals surface area contributed by atoms with Crippen LogP contribution >= 0.6 is 0 Å². The first kappa shape index (κ1) is 22.2. The van der Waals surface area contributed by atoms with Gasteiger partial charge in [-0.2, -0.15) is 0 Å². The molecule has 0 aliphatic carbocycles. The Balaban J connectivity index is 1.68. The second-order valence-corrected chi connectivity index (χ2v) is 8.43. The van der Waals surface area contributed by atoms with E-state index in [0.717, 1.165) is 33.0 Å². The highest BCUT2D eigenvalue weighted by Gasteiger charge is 2.15. The first-order valence-electron chi connectivity index (χ1n) is 10.9. The SMILES string of the molecule is Cc1cccc(-c2ccc(C)c(C(=O)Nc3cncc4ccc(C(=O)OC(C)C)cc34)c2)c1. The van der Waals surface area contributed by atoms with Gasteiger partial charge in [-0.15, -0.1) is 0 Å². The number of aryl methyl sites for hydroxylation is 2. The molecule has 0 radical (unpaired) electrons. The van der Waals surface area contributed by atoms with Crippen molar-refractivity contribution < 1.29 is 14.3 Å². The number of hydrogen-bond acceptors (Lipinski definition) is 4. The van der Waals surface area contributed by atoms with Gasteiger partial charge >= 0.3 is 5.97 Å². The van der Waals surface area contributed by atoms with Gasteiger partial charge in [-0.25, -0.2) is 4.79 Å². The number of benzene rings is 3. The molecular weight excluding hydrogens is 412 g/mol. The summed E-state index contributed by atoms with van der Waals surface area (Å²) >= 11 is 0. The molecule has 1 N–H and O–H groups in total. The molecule has 5 nitrogen and oxygen atoms in total. The summed E-state index contributed by atoms with van der Waals surface area (Å²) in [5.41, 5.74) is 5.62. The predicted octanol–water partition coefficient (Wildman–Crippen LogP) is 6.34. The summed E-state index contributed by atoms with van der Waals surface area (Å²) in [6, 6.07) is 19.3. The van der Waals surface area contributed by atoms with Gasteiger partial charge in [0, 0.05) is 22.5 Å². The molecule has 0 unspecified atom stereocenters.